The molecule has 3 aromatic rings. The number of nitrogens with zero attached hydrogens (tertiary/aromatic N) is 1. The summed E-state index contributed by atoms with van der Waals surface area (Å²) in [5.74, 6) is 1.15. The van der Waals surface area contributed by atoms with Crippen molar-refractivity contribution in [1.82, 2.24) is 4.98 Å². The molecule has 0 radical (unpaired) electrons. The number of hydrogen-bond acceptors (Lipinski definition) is 4. The van der Waals surface area contributed by atoms with Crippen LogP contribution in [0.2, 0.25) is 0 Å². The summed E-state index contributed by atoms with van der Waals surface area (Å²) in [6.45, 7) is 5.67. The van der Waals surface area contributed by atoms with Gasteiger partial charge in [0.25, 0.3) is 0 Å². The Balaban J connectivity index is 1.71. The first-order valence-electron chi connectivity index (χ1n) is 7.38. The summed E-state index contributed by atoms with van der Waals surface area (Å²) in [5.41, 5.74) is 4.44. The second kappa shape index (κ2) is 6.12. The van der Waals surface area contributed by atoms with Gasteiger partial charge in [-0.2, -0.15) is 0 Å². The molecule has 1 aromatic heterocycles. The molecule has 1 amide bonds. The Labute approximate surface area is 134 Å². The zero-order valence-electron chi connectivity index (χ0n) is 13.3. The highest BCUT2D eigenvalue weighted by molar-refractivity contribution is 5.89. The first-order valence-corrected chi connectivity index (χ1v) is 7.38. The maximum Gasteiger partial charge on any atom is 0.233 e. The average molecular weight is 310 g/mol. The van der Waals surface area contributed by atoms with Crippen LogP contribution >= 0.6 is 0 Å². The van der Waals surface area contributed by atoms with Crippen LogP contribution in [0.15, 0.2) is 40.8 Å². The molecule has 2 aromatic carbocycles. The van der Waals surface area contributed by atoms with Crippen LogP contribution in [-0.2, 0) is 11.4 Å². The summed E-state index contributed by atoms with van der Waals surface area (Å²) in [6, 6.07) is 11.4. The van der Waals surface area contributed by atoms with Crippen LogP contribution < -0.4 is 10.1 Å². The summed E-state index contributed by atoms with van der Waals surface area (Å²) in [7, 11) is 0. The lowest BCUT2D eigenvalue weighted by molar-refractivity contribution is -0.114. The van der Waals surface area contributed by atoms with Crippen molar-refractivity contribution in [1.29, 1.82) is 0 Å². The third kappa shape index (κ3) is 3.51. The van der Waals surface area contributed by atoms with E-state index in [4.69, 9.17) is 9.15 Å². The number of fused-ring (bicyclic) bond motifs is 1. The first-order chi connectivity index (χ1) is 11.0. The van der Waals surface area contributed by atoms with E-state index in [0.29, 0.717) is 11.6 Å². The van der Waals surface area contributed by atoms with Crippen molar-refractivity contribution < 1.29 is 13.9 Å². The third-order valence-corrected chi connectivity index (χ3v) is 3.46. The molecule has 3 rings (SSSR count). The highest BCUT2D eigenvalue weighted by Gasteiger charge is 2.08. The molecule has 0 atom stereocenters. The fourth-order valence-corrected chi connectivity index (χ4v) is 2.34. The van der Waals surface area contributed by atoms with Crippen LogP contribution in [0, 0.1) is 13.8 Å². The maximum atomic E-state index is 11.1. The molecule has 118 valence electrons. The predicted molar refractivity (Wildman–Crippen MR) is 88.6 cm³/mol. The zero-order valence-corrected chi connectivity index (χ0v) is 13.3. The second-order valence-corrected chi connectivity index (χ2v) is 5.53. The van der Waals surface area contributed by atoms with E-state index in [0.717, 1.165) is 27.9 Å². The molecule has 0 aliphatic rings. The molecule has 0 unspecified atom stereocenters. The third-order valence-electron chi connectivity index (χ3n) is 3.46. The Bertz CT molecular complexity index is 868. The quantitative estimate of drug-likeness (QED) is 0.791. The maximum absolute atomic E-state index is 11.1. The smallest absolute Gasteiger partial charge is 0.233 e. The lowest BCUT2D eigenvalue weighted by Gasteiger charge is -2.09. The number of aromatic nitrogens is 1. The number of anilines is 1. The lowest BCUT2D eigenvalue weighted by atomic mass is 10.2. The van der Waals surface area contributed by atoms with Crippen molar-refractivity contribution in [3.8, 4) is 5.75 Å². The van der Waals surface area contributed by atoms with E-state index < -0.39 is 0 Å². The van der Waals surface area contributed by atoms with Gasteiger partial charge in [0.2, 0.25) is 11.8 Å². The van der Waals surface area contributed by atoms with Crippen molar-refractivity contribution in [2.75, 3.05) is 5.32 Å². The van der Waals surface area contributed by atoms with Crippen molar-refractivity contribution in [3.05, 3.63) is 53.4 Å². The van der Waals surface area contributed by atoms with E-state index in [2.05, 4.69) is 10.3 Å². The molecule has 0 saturated heterocycles. The van der Waals surface area contributed by atoms with Crippen LogP contribution in [0.4, 0.5) is 5.69 Å². The van der Waals surface area contributed by atoms with E-state index in [1.807, 2.05) is 50.2 Å². The standard InChI is InChI=1S/C18H18N2O3/c1-11-4-6-16-17(8-11)23-18(20-16)10-22-14-5-7-15(12(2)9-14)19-13(3)21/h4-9H,10H2,1-3H3,(H,19,21). The fraction of sp³-hybridized carbons (Fsp3) is 0.222. The van der Waals surface area contributed by atoms with Crippen LogP contribution in [0.5, 0.6) is 5.75 Å². The Hall–Kier alpha value is -2.82. The van der Waals surface area contributed by atoms with Gasteiger partial charge in [-0.3, -0.25) is 4.79 Å². The average Bonchev–Trinajstić information content (AvgIpc) is 2.89. The van der Waals surface area contributed by atoms with Crippen LogP contribution in [0.3, 0.4) is 0 Å². The summed E-state index contributed by atoms with van der Waals surface area (Å²) in [4.78, 5) is 15.5. The van der Waals surface area contributed by atoms with Gasteiger partial charge in [-0.25, -0.2) is 4.98 Å². The van der Waals surface area contributed by atoms with E-state index >= 15 is 0 Å². The molecule has 5 nitrogen and oxygen atoms in total. The minimum absolute atomic E-state index is 0.0939. The molecule has 1 heterocycles. The van der Waals surface area contributed by atoms with Gasteiger partial charge in [0, 0.05) is 12.6 Å². The Morgan fingerprint density at radius 2 is 2.04 bits per heavy atom. The van der Waals surface area contributed by atoms with Crippen molar-refractivity contribution in [2.45, 2.75) is 27.4 Å². The van der Waals surface area contributed by atoms with Gasteiger partial charge in [0.05, 0.1) is 0 Å². The molecular weight excluding hydrogens is 292 g/mol. The molecule has 0 saturated carbocycles. The molecule has 0 aliphatic heterocycles. The Kier molecular flexibility index (Phi) is 4.02. The van der Waals surface area contributed by atoms with Crippen molar-refractivity contribution in [3.63, 3.8) is 0 Å². The van der Waals surface area contributed by atoms with E-state index in [9.17, 15) is 4.79 Å². The van der Waals surface area contributed by atoms with Gasteiger partial charge in [-0.15, -0.1) is 0 Å². The number of benzene rings is 2. The number of carbonyl (C=O) groups excluding carboxylic acids is 1. The van der Waals surface area contributed by atoms with Gasteiger partial charge in [-0.1, -0.05) is 6.07 Å². The zero-order chi connectivity index (χ0) is 16.4. The minimum Gasteiger partial charge on any atom is -0.484 e. The number of hydrogen-bond donors (Lipinski definition) is 1. The Morgan fingerprint density at radius 3 is 2.78 bits per heavy atom. The second-order valence-electron chi connectivity index (χ2n) is 5.53. The van der Waals surface area contributed by atoms with E-state index in [1.165, 1.54) is 6.92 Å². The molecule has 0 spiro atoms. The number of aryl methyl sites for hydroxylation is 2. The largest absolute Gasteiger partial charge is 0.484 e. The molecular formula is C18H18N2O3. The monoisotopic (exact) mass is 310 g/mol. The van der Waals surface area contributed by atoms with Crippen LogP contribution in [0.25, 0.3) is 11.1 Å². The van der Waals surface area contributed by atoms with Crippen molar-refractivity contribution in [2.24, 2.45) is 0 Å². The van der Waals surface area contributed by atoms with Gasteiger partial charge < -0.3 is 14.5 Å². The molecule has 23 heavy (non-hydrogen) atoms. The van der Waals surface area contributed by atoms with Gasteiger partial charge in [0.15, 0.2) is 12.2 Å². The number of nitrogens with one attached hydrogen (secondary N) is 1. The predicted octanol–water partition coefficient (Wildman–Crippen LogP) is 3.98. The Morgan fingerprint density at radius 1 is 1.22 bits per heavy atom. The summed E-state index contributed by atoms with van der Waals surface area (Å²) >= 11 is 0. The molecule has 1 N–H and O–H groups in total. The van der Waals surface area contributed by atoms with Crippen molar-refractivity contribution >= 4 is 22.7 Å². The van der Waals surface area contributed by atoms with Crippen LogP contribution in [0.1, 0.15) is 23.9 Å². The summed E-state index contributed by atoms with van der Waals surface area (Å²) in [6.07, 6.45) is 0. The number of rotatable bonds is 4. The topological polar surface area (TPSA) is 64.4 Å². The van der Waals surface area contributed by atoms with E-state index in [1.54, 1.807) is 0 Å². The minimum atomic E-state index is -0.0939. The summed E-state index contributed by atoms with van der Waals surface area (Å²) in [5, 5.41) is 2.77. The van der Waals surface area contributed by atoms with Gasteiger partial charge in [0.1, 0.15) is 11.3 Å². The highest BCUT2D eigenvalue weighted by atomic mass is 16.5. The molecule has 0 bridgehead atoms. The lowest BCUT2D eigenvalue weighted by Crippen LogP contribution is -2.07. The first kappa shape index (κ1) is 15.1. The number of amides is 1. The number of oxazole rings is 1. The SMILES string of the molecule is CC(=O)Nc1ccc(OCc2nc3ccc(C)cc3o2)cc1C. The fourth-order valence-electron chi connectivity index (χ4n) is 2.34. The number of carbonyl (C=O) groups is 1. The van der Waals surface area contributed by atoms with Gasteiger partial charge in [-0.05, 0) is 55.3 Å². The van der Waals surface area contributed by atoms with E-state index in [-0.39, 0.29) is 12.5 Å². The molecule has 0 fully saturated rings. The summed E-state index contributed by atoms with van der Waals surface area (Å²) < 4.78 is 11.4. The highest BCUT2D eigenvalue weighted by Crippen LogP contribution is 2.23. The van der Waals surface area contributed by atoms with Crippen LogP contribution in [-0.4, -0.2) is 10.9 Å². The van der Waals surface area contributed by atoms with Gasteiger partial charge >= 0.3 is 0 Å². The normalized spacial score (nSPS) is 10.7. The molecule has 5 heteroatoms. The molecule has 0 aliphatic carbocycles. The number of ether oxygens (including phenoxy) is 1.